The number of carbonyl (C=O) groups is 2. The summed E-state index contributed by atoms with van der Waals surface area (Å²) in [5.74, 6) is -1.21. The number of halogens is 3. The van der Waals surface area contributed by atoms with Crippen molar-refractivity contribution in [2.45, 2.75) is 23.2 Å². The first-order chi connectivity index (χ1) is 13.6. The number of nitrogens with one attached hydrogen (secondary N) is 2. The average Bonchev–Trinajstić information content (AvgIpc) is 2.64. The second kappa shape index (κ2) is 9.62. The van der Waals surface area contributed by atoms with E-state index >= 15 is 0 Å². The van der Waals surface area contributed by atoms with Gasteiger partial charge in [-0.3, -0.25) is 14.9 Å². The van der Waals surface area contributed by atoms with E-state index in [1.54, 1.807) is 6.26 Å². The number of thioether (sulfide) groups is 2. The van der Waals surface area contributed by atoms with Crippen LogP contribution in [0.4, 0.5) is 24.8 Å². The molecule has 2 N–H and O–H groups in total. The van der Waals surface area contributed by atoms with Crippen molar-refractivity contribution in [1.82, 2.24) is 9.97 Å². The largest absolute Gasteiger partial charge is 0.416 e. The summed E-state index contributed by atoms with van der Waals surface area (Å²) in [4.78, 5) is 31.5. The van der Waals surface area contributed by atoms with Gasteiger partial charge < -0.3 is 5.32 Å². The zero-order valence-electron chi connectivity index (χ0n) is 15.1. The molecule has 7 nitrogen and oxygen atoms in total. The molecule has 1 heterocycles. The molecule has 2 amide bonds. The normalized spacial score (nSPS) is 10.9. The van der Waals surface area contributed by atoms with Gasteiger partial charge in [-0.25, -0.2) is 9.97 Å². The molecule has 1 aromatic heterocycles. The van der Waals surface area contributed by atoms with Crippen LogP contribution >= 0.6 is 23.5 Å². The maximum absolute atomic E-state index is 12.8. The minimum absolute atomic E-state index is 0.00245. The summed E-state index contributed by atoms with van der Waals surface area (Å²) in [5.41, 5.74) is -0.740. The number of hydrogen-bond donors (Lipinski definition) is 2. The molecule has 0 aliphatic carbocycles. The third kappa shape index (κ3) is 6.37. The van der Waals surface area contributed by atoms with Crippen molar-refractivity contribution in [3.05, 3.63) is 35.4 Å². The number of alkyl halides is 3. The van der Waals surface area contributed by atoms with Gasteiger partial charge in [0.05, 0.1) is 11.3 Å². The summed E-state index contributed by atoms with van der Waals surface area (Å²) in [5, 5.41) is 14.7. The lowest BCUT2D eigenvalue weighted by Crippen LogP contribution is -2.16. The third-order valence-electron chi connectivity index (χ3n) is 3.25. The Balaban J connectivity index is 2.15. The first-order valence-electron chi connectivity index (χ1n) is 7.87. The van der Waals surface area contributed by atoms with E-state index in [-0.39, 0.29) is 28.0 Å². The third-order valence-corrected chi connectivity index (χ3v) is 4.91. The monoisotopic (exact) mass is 441 g/mol. The van der Waals surface area contributed by atoms with Gasteiger partial charge in [0.25, 0.3) is 0 Å². The van der Waals surface area contributed by atoms with E-state index in [1.807, 2.05) is 6.07 Å². The van der Waals surface area contributed by atoms with Crippen molar-refractivity contribution in [1.29, 1.82) is 5.26 Å². The molecule has 29 heavy (non-hydrogen) atoms. The molecule has 0 unspecified atom stereocenters. The lowest BCUT2D eigenvalue weighted by atomic mass is 10.2. The number of hydrogen-bond acceptors (Lipinski definition) is 7. The number of anilines is 2. The lowest BCUT2D eigenvalue weighted by Gasteiger charge is -2.11. The second-order valence-corrected chi connectivity index (χ2v) is 7.20. The van der Waals surface area contributed by atoms with E-state index in [1.165, 1.54) is 30.8 Å². The fourth-order valence-electron chi connectivity index (χ4n) is 2.09. The highest BCUT2D eigenvalue weighted by molar-refractivity contribution is 8.00. The van der Waals surface area contributed by atoms with E-state index in [4.69, 9.17) is 0 Å². The van der Waals surface area contributed by atoms with Crippen LogP contribution in [0.1, 0.15) is 18.1 Å². The molecule has 0 atom stereocenters. The van der Waals surface area contributed by atoms with Gasteiger partial charge in [0.15, 0.2) is 0 Å². The summed E-state index contributed by atoms with van der Waals surface area (Å²) in [6.07, 6.45) is -2.83. The summed E-state index contributed by atoms with van der Waals surface area (Å²) in [6, 6.07) is 6.21. The van der Waals surface area contributed by atoms with Crippen LogP contribution in [0.3, 0.4) is 0 Å². The SMILES string of the molecule is CSc1nc(NC(C)=O)nc(SCC(=O)Nc2cccc(C(F)(F)F)c2)c1C#N. The molecule has 12 heteroatoms. The highest BCUT2D eigenvalue weighted by Crippen LogP contribution is 2.31. The molecule has 2 aromatic rings. The molecule has 0 aliphatic heterocycles. The molecular weight excluding hydrogens is 427 g/mol. The average molecular weight is 441 g/mol. The standard InChI is InChI=1S/C17H14F3N5O2S2/c1-9(26)22-16-24-14(28-2)12(7-21)15(25-16)29-8-13(27)23-11-5-3-4-10(6-11)17(18,19)20/h3-6H,8H2,1-2H3,(H,23,27)(H,22,24,25,26). The Hall–Kier alpha value is -2.78. The summed E-state index contributed by atoms with van der Waals surface area (Å²) in [6.45, 7) is 1.27. The number of aromatic nitrogens is 2. The lowest BCUT2D eigenvalue weighted by molar-refractivity contribution is -0.137. The van der Waals surface area contributed by atoms with Gasteiger partial charge in [0.2, 0.25) is 17.8 Å². The molecule has 0 fully saturated rings. The van der Waals surface area contributed by atoms with E-state index in [9.17, 15) is 28.0 Å². The first-order valence-corrected chi connectivity index (χ1v) is 10.1. The highest BCUT2D eigenvalue weighted by atomic mass is 32.2. The van der Waals surface area contributed by atoms with Gasteiger partial charge in [0.1, 0.15) is 21.7 Å². The summed E-state index contributed by atoms with van der Waals surface area (Å²) < 4.78 is 38.3. The predicted octanol–water partition coefficient (Wildman–Crippen LogP) is 3.78. The van der Waals surface area contributed by atoms with Gasteiger partial charge in [-0.1, -0.05) is 17.8 Å². The van der Waals surface area contributed by atoms with E-state index in [0.717, 1.165) is 23.9 Å². The van der Waals surface area contributed by atoms with E-state index in [0.29, 0.717) is 5.03 Å². The Labute approximate surface area is 172 Å². The molecule has 152 valence electrons. The molecule has 0 radical (unpaired) electrons. The van der Waals surface area contributed by atoms with Crippen LogP contribution in [-0.2, 0) is 15.8 Å². The van der Waals surface area contributed by atoms with Gasteiger partial charge in [-0.05, 0) is 24.5 Å². The smallest absolute Gasteiger partial charge is 0.325 e. The zero-order valence-corrected chi connectivity index (χ0v) is 16.8. The van der Waals surface area contributed by atoms with Crippen molar-refractivity contribution >= 4 is 47.0 Å². The van der Waals surface area contributed by atoms with Crippen molar-refractivity contribution in [2.24, 2.45) is 0 Å². The quantitative estimate of drug-likeness (QED) is 0.519. The van der Waals surface area contributed by atoms with Crippen LogP contribution in [0, 0.1) is 11.3 Å². The van der Waals surface area contributed by atoms with Crippen LogP contribution in [0.15, 0.2) is 34.3 Å². The second-order valence-electron chi connectivity index (χ2n) is 5.45. The van der Waals surface area contributed by atoms with Gasteiger partial charge >= 0.3 is 6.18 Å². The molecule has 0 aliphatic rings. The van der Waals surface area contributed by atoms with Crippen molar-refractivity contribution < 1.29 is 22.8 Å². The molecule has 0 spiro atoms. The molecular formula is C17H14F3N5O2S2. The summed E-state index contributed by atoms with van der Waals surface area (Å²) >= 11 is 2.08. The highest BCUT2D eigenvalue weighted by Gasteiger charge is 2.30. The number of benzene rings is 1. The van der Waals surface area contributed by atoms with Crippen molar-refractivity contribution in [3.63, 3.8) is 0 Å². The molecule has 0 saturated carbocycles. The van der Waals surface area contributed by atoms with E-state index < -0.39 is 23.6 Å². The minimum Gasteiger partial charge on any atom is -0.325 e. The zero-order chi connectivity index (χ0) is 21.6. The van der Waals surface area contributed by atoms with Gasteiger partial charge in [-0.2, -0.15) is 18.4 Å². The first kappa shape index (κ1) is 22.5. The fourth-order valence-corrected chi connectivity index (χ4v) is 3.45. The van der Waals surface area contributed by atoms with Gasteiger partial charge in [-0.15, -0.1) is 11.8 Å². The van der Waals surface area contributed by atoms with Gasteiger partial charge in [0, 0.05) is 12.6 Å². The Bertz CT molecular complexity index is 977. The Kier molecular flexibility index (Phi) is 7.46. The Morgan fingerprint density at radius 3 is 2.48 bits per heavy atom. The van der Waals surface area contributed by atoms with Crippen LogP contribution in [0.25, 0.3) is 0 Å². The fraction of sp³-hybridized carbons (Fsp3) is 0.235. The number of nitrogens with zero attached hydrogens (tertiary/aromatic N) is 3. The van der Waals surface area contributed by atoms with E-state index in [2.05, 4.69) is 20.6 Å². The molecule has 0 saturated heterocycles. The Morgan fingerprint density at radius 1 is 1.21 bits per heavy atom. The topological polar surface area (TPSA) is 108 Å². The number of carbonyl (C=O) groups excluding carboxylic acids is 2. The van der Waals surface area contributed by atoms with Crippen molar-refractivity contribution in [2.75, 3.05) is 22.6 Å². The molecule has 1 aromatic carbocycles. The minimum atomic E-state index is -4.52. The number of amides is 2. The predicted molar refractivity (Wildman–Crippen MR) is 104 cm³/mol. The van der Waals surface area contributed by atoms with Crippen LogP contribution in [0.2, 0.25) is 0 Å². The maximum Gasteiger partial charge on any atom is 0.416 e. The summed E-state index contributed by atoms with van der Waals surface area (Å²) in [7, 11) is 0. The van der Waals surface area contributed by atoms with Crippen LogP contribution in [-0.4, -0.2) is 33.8 Å². The van der Waals surface area contributed by atoms with Crippen molar-refractivity contribution in [3.8, 4) is 6.07 Å². The molecule has 2 rings (SSSR count). The van der Waals surface area contributed by atoms with Crippen LogP contribution < -0.4 is 10.6 Å². The maximum atomic E-state index is 12.8. The number of nitriles is 1. The number of rotatable bonds is 6. The molecule has 0 bridgehead atoms. The van der Waals surface area contributed by atoms with Crippen LogP contribution in [0.5, 0.6) is 0 Å². The Morgan fingerprint density at radius 2 is 1.90 bits per heavy atom.